The fourth-order valence-corrected chi connectivity index (χ4v) is 3.35. The predicted molar refractivity (Wildman–Crippen MR) is 115 cm³/mol. The molecule has 2 heterocycles. The monoisotopic (exact) mass is 408 g/mol. The van der Waals surface area contributed by atoms with Gasteiger partial charge >= 0.3 is 0 Å². The number of nitrogens with one attached hydrogen (secondary N) is 2. The summed E-state index contributed by atoms with van der Waals surface area (Å²) in [5, 5.41) is 15.6. The summed E-state index contributed by atoms with van der Waals surface area (Å²) in [6.45, 7) is 5.40. The highest BCUT2D eigenvalue weighted by molar-refractivity contribution is 5.79. The zero-order valence-corrected chi connectivity index (χ0v) is 17.7. The van der Waals surface area contributed by atoms with E-state index in [2.05, 4.69) is 26.7 Å². The summed E-state index contributed by atoms with van der Waals surface area (Å²) in [5.41, 5.74) is 1.53. The number of likely N-dealkylation sites (tertiary alicyclic amines) is 1. The number of nitrogens with zero attached hydrogens (tertiary/aromatic N) is 4. The molecule has 1 aliphatic rings. The van der Waals surface area contributed by atoms with E-state index in [1.54, 1.807) is 24.4 Å². The van der Waals surface area contributed by atoms with Crippen molar-refractivity contribution in [1.82, 2.24) is 20.2 Å². The third-order valence-corrected chi connectivity index (χ3v) is 5.18. The largest absolute Gasteiger partial charge is 0.497 e. The van der Waals surface area contributed by atoms with Gasteiger partial charge in [0.05, 0.1) is 19.7 Å². The first-order valence-corrected chi connectivity index (χ1v) is 10.1. The van der Waals surface area contributed by atoms with E-state index >= 15 is 0 Å². The molecule has 1 atom stereocenters. The van der Waals surface area contributed by atoms with Gasteiger partial charge < -0.3 is 20.3 Å². The molecule has 0 bridgehead atoms. The zero-order valence-electron chi connectivity index (χ0n) is 17.7. The van der Waals surface area contributed by atoms with Crippen LogP contribution in [0.3, 0.4) is 0 Å². The molecule has 1 unspecified atom stereocenters. The average Bonchev–Trinajstić information content (AvgIpc) is 3.26. The molecule has 1 amide bonds. The normalized spacial score (nSPS) is 16.2. The van der Waals surface area contributed by atoms with Crippen LogP contribution in [0.2, 0.25) is 0 Å². The number of nitriles is 1. The summed E-state index contributed by atoms with van der Waals surface area (Å²) < 4.78 is 5.26. The van der Waals surface area contributed by atoms with Gasteiger partial charge in [-0.2, -0.15) is 5.26 Å². The number of hydrogen-bond donors (Lipinski definition) is 2. The van der Waals surface area contributed by atoms with E-state index in [0.29, 0.717) is 19.0 Å². The molecule has 1 saturated heterocycles. The van der Waals surface area contributed by atoms with E-state index in [9.17, 15) is 4.79 Å². The maximum atomic E-state index is 12.4. The molecular weight excluding hydrogens is 380 g/mol. The first-order chi connectivity index (χ1) is 14.4. The van der Waals surface area contributed by atoms with Crippen molar-refractivity contribution in [2.45, 2.75) is 38.3 Å². The van der Waals surface area contributed by atoms with Crippen molar-refractivity contribution in [1.29, 1.82) is 5.26 Å². The Balaban J connectivity index is 1.51. The molecule has 2 aromatic rings. The van der Waals surface area contributed by atoms with Crippen LogP contribution in [0, 0.1) is 11.3 Å². The number of carbonyl (C=O) groups excluding carboxylic acids is 1. The smallest absolute Gasteiger partial charge is 0.237 e. The lowest BCUT2D eigenvalue weighted by molar-refractivity contribution is -0.130. The van der Waals surface area contributed by atoms with E-state index < -0.39 is 0 Å². The highest BCUT2D eigenvalue weighted by atomic mass is 16.5. The summed E-state index contributed by atoms with van der Waals surface area (Å²) in [6.07, 6.45) is 5.18. The molecule has 8 heteroatoms. The van der Waals surface area contributed by atoms with Gasteiger partial charge in [0.15, 0.2) is 0 Å². The number of benzene rings is 1. The third kappa shape index (κ3) is 5.45. The first-order valence-electron chi connectivity index (χ1n) is 10.1. The second kappa shape index (κ2) is 9.55. The minimum atomic E-state index is -0.355. The standard InChI is InChI=1S/C22H28N6O2/c1-22(2,27-14-20(29)28-9-5-7-18(28)11-23)15-26-21-24-12-17(13-25-21)16-6-4-8-19(10-16)30-3/h4,6,8,10,12-13,18,27H,5,7,9,14-15H2,1-3H3,(H,24,25,26). The number of amides is 1. The molecule has 0 spiro atoms. The highest BCUT2D eigenvalue weighted by Crippen LogP contribution is 2.23. The molecule has 1 fully saturated rings. The van der Waals surface area contributed by atoms with E-state index in [0.717, 1.165) is 29.7 Å². The summed E-state index contributed by atoms with van der Waals surface area (Å²) in [5.74, 6) is 1.27. The first kappa shape index (κ1) is 21.5. The van der Waals surface area contributed by atoms with Gasteiger partial charge in [-0.1, -0.05) is 12.1 Å². The number of aromatic nitrogens is 2. The molecule has 1 aromatic carbocycles. The summed E-state index contributed by atoms with van der Waals surface area (Å²) in [7, 11) is 1.64. The Kier molecular flexibility index (Phi) is 6.85. The Bertz CT molecular complexity index is 907. The maximum Gasteiger partial charge on any atom is 0.237 e. The van der Waals surface area contributed by atoms with Crippen LogP contribution in [-0.4, -0.2) is 59.1 Å². The number of methoxy groups -OCH3 is 1. The quantitative estimate of drug-likeness (QED) is 0.691. The second-order valence-corrected chi connectivity index (χ2v) is 7.99. The van der Waals surface area contributed by atoms with Gasteiger partial charge in [-0.15, -0.1) is 0 Å². The van der Waals surface area contributed by atoms with Crippen molar-refractivity contribution in [3.05, 3.63) is 36.7 Å². The molecule has 2 N–H and O–H groups in total. The topological polar surface area (TPSA) is 103 Å². The van der Waals surface area contributed by atoms with Gasteiger partial charge in [0, 0.05) is 36.6 Å². The Morgan fingerprint density at radius 2 is 2.10 bits per heavy atom. The second-order valence-electron chi connectivity index (χ2n) is 7.99. The van der Waals surface area contributed by atoms with E-state index in [1.165, 1.54) is 0 Å². The van der Waals surface area contributed by atoms with Crippen LogP contribution in [-0.2, 0) is 4.79 Å². The molecule has 1 aliphatic heterocycles. The minimum Gasteiger partial charge on any atom is -0.497 e. The third-order valence-electron chi connectivity index (χ3n) is 5.18. The number of ether oxygens (including phenoxy) is 1. The van der Waals surface area contributed by atoms with Crippen molar-refractivity contribution in [2.24, 2.45) is 0 Å². The molecule has 0 aliphatic carbocycles. The SMILES string of the molecule is COc1cccc(-c2cnc(NCC(C)(C)NCC(=O)N3CCCC3C#N)nc2)c1. The van der Waals surface area contributed by atoms with Crippen LogP contribution >= 0.6 is 0 Å². The van der Waals surface area contributed by atoms with Gasteiger partial charge in [-0.25, -0.2) is 9.97 Å². The lowest BCUT2D eigenvalue weighted by atomic mass is 10.1. The Morgan fingerprint density at radius 3 is 2.80 bits per heavy atom. The molecule has 0 saturated carbocycles. The van der Waals surface area contributed by atoms with Gasteiger partial charge in [-0.05, 0) is 44.4 Å². The van der Waals surface area contributed by atoms with Crippen molar-refractivity contribution in [3.8, 4) is 22.9 Å². The zero-order chi connectivity index (χ0) is 21.6. The fourth-order valence-electron chi connectivity index (χ4n) is 3.35. The number of carbonyl (C=O) groups is 1. The lowest BCUT2D eigenvalue weighted by Gasteiger charge is -2.28. The van der Waals surface area contributed by atoms with Crippen LogP contribution in [0.15, 0.2) is 36.7 Å². The van der Waals surface area contributed by atoms with Crippen molar-refractivity contribution in [3.63, 3.8) is 0 Å². The summed E-state index contributed by atoms with van der Waals surface area (Å²) in [6, 6.07) is 9.65. The minimum absolute atomic E-state index is 0.0361. The van der Waals surface area contributed by atoms with Gasteiger partial charge in [0.2, 0.25) is 11.9 Å². The molecular formula is C22H28N6O2. The van der Waals surface area contributed by atoms with Gasteiger partial charge in [0.25, 0.3) is 0 Å². The highest BCUT2D eigenvalue weighted by Gasteiger charge is 2.29. The van der Waals surface area contributed by atoms with Crippen molar-refractivity contribution < 1.29 is 9.53 Å². The Labute approximate surface area is 177 Å². The van der Waals surface area contributed by atoms with Crippen LogP contribution < -0.4 is 15.4 Å². The molecule has 3 rings (SSSR count). The van der Waals surface area contributed by atoms with E-state index in [4.69, 9.17) is 10.00 Å². The van der Waals surface area contributed by atoms with Crippen LogP contribution in [0.25, 0.3) is 11.1 Å². The number of rotatable bonds is 8. The molecule has 0 radical (unpaired) electrons. The Morgan fingerprint density at radius 1 is 1.33 bits per heavy atom. The average molecular weight is 409 g/mol. The van der Waals surface area contributed by atoms with Crippen LogP contribution in [0.4, 0.5) is 5.95 Å². The molecule has 158 valence electrons. The van der Waals surface area contributed by atoms with Crippen molar-refractivity contribution >= 4 is 11.9 Å². The maximum absolute atomic E-state index is 12.4. The Hall–Kier alpha value is -3.18. The molecule has 1 aromatic heterocycles. The molecule has 8 nitrogen and oxygen atoms in total. The van der Waals surface area contributed by atoms with Crippen molar-refractivity contribution in [2.75, 3.05) is 32.1 Å². The lowest BCUT2D eigenvalue weighted by Crippen LogP contribution is -2.50. The fraction of sp³-hybridized carbons (Fsp3) is 0.455. The van der Waals surface area contributed by atoms with Gasteiger partial charge in [0.1, 0.15) is 11.8 Å². The van der Waals surface area contributed by atoms with E-state index in [-0.39, 0.29) is 24.0 Å². The number of anilines is 1. The van der Waals surface area contributed by atoms with Crippen LogP contribution in [0.1, 0.15) is 26.7 Å². The van der Waals surface area contributed by atoms with Crippen LogP contribution in [0.5, 0.6) is 5.75 Å². The van der Waals surface area contributed by atoms with E-state index in [1.807, 2.05) is 38.1 Å². The summed E-state index contributed by atoms with van der Waals surface area (Å²) in [4.78, 5) is 22.9. The molecule has 30 heavy (non-hydrogen) atoms. The predicted octanol–water partition coefficient (Wildman–Crippen LogP) is 2.45. The number of hydrogen-bond acceptors (Lipinski definition) is 7. The summed E-state index contributed by atoms with van der Waals surface area (Å²) >= 11 is 0. The van der Waals surface area contributed by atoms with Gasteiger partial charge in [-0.3, -0.25) is 4.79 Å².